The third kappa shape index (κ3) is 6.00. The van der Waals surface area contributed by atoms with Gasteiger partial charge < -0.3 is 4.57 Å². The zero-order valence-corrected chi connectivity index (χ0v) is 21.2. The number of rotatable bonds is 5. The monoisotopic (exact) mass is 515 g/mol. The summed E-state index contributed by atoms with van der Waals surface area (Å²) in [6.45, 7) is 6.80. The van der Waals surface area contributed by atoms with Crippen LogP contribution in [0.5, 0.6) is 0 Å². The Morgan fingerprint density at radius 3 is 2.19 bits per heavy atom. The lowest BCUT2D eigenvalue weighted by Gasteiger charge is -2.26. The summed E-state index contributed by atoms with van der Waals surface area (Å²) in [4.78, 5) is 15.6. The van der Waals surface area contributed by atoms with E-state index in [1.54, 1.807) is 12.1 Å². The number of piperidine rings is 1. The molecule has 0 aliphatic carbocycles. The zero-order valence-electron chi connectivity index (χ0n) is 20.4. The third-order valence-electron chi connectivity index (χ3n) is 6.65. The number of hydrogen-bond acceptors (Lipinski definition) is 3. The highest BCUT2D eigenvalue weighted by atomic mass is 35.5. The maximum Gasteiger partial charge on any atom is 0.417 e. The van der Waals surface area contributed by atoms with Gasteiger partial charge in [-0.3, -0.25) is 9.69 Å². The Morgan fingerprint density at radius 2 is 1.61 bits per heavy atom. The van der Waals surface area contributed by atoms with Crippen LogP contribution in [0.3, 0.4) is 0 Å². The maximum atomic E-state index is 13.8. The average molecular weight is 516 g/mol. The summed E-state index contributed by atoms with van der Waals surface area (Å²) < 4.78 is 42.7. The van der Waals surface area contributed by atoms with Crippen molar-refractivity contribution in [2.75, 3.05) is 13.1 Å². The fraction of sp³-hybridized carbons (Fsp3) is 0.357. The minimum absolute atomic E-state index is 0. The predicted molar refractivity (Wildman–Crippen MR) is 137 cm³/mol. The van der Waals surface area contributed by atoms with Crippen molar-refractivity contribution in [2.24, 2.45) is 0 Å². The summed E-state index contributed by atoms with van der Waals surface area (Å²) in [5.41, 5.74) is 1.49. The summed E-state index contributed by atoms with van der Waals surface area (Å²) in [6.07, 6.45) is -1.22. The van der Waals surface area contributed by atoms with Gasteiger partial charge in [0.2, 0.25) is 0 Å². The van der Waals surface area contributed by atoms with Gasteiger partial charge >= 0.3 is 6.18 Å². The highest BCUT2D eigenvalue weighted by Crippen LogP contribution is 2.34. The molecule has 0 bridgehead atoms. The van der Waals surface area contributed by atoms with E-state index in [9.17, 15) is 23.2 Å². The predicted octanol–water partition coefficient (Wildman–Crippen LogP) is 6.48. The number of alkyl halides is 3. The van der Waals surface area contributed by atoms with Gasteiger partial charge in [-0.15, -0.1) is 12.4 Å². The molecule has 0 radical (unpaired) electrons. The molecule has 1 aliphatic rings. The smallest absolute Gasteiger partial charge is 0.303 e. The van der Waals surface area contributed by atoms with Crippen molar-refractivity contribution in [1.29, 1.82) is 5.26 Å². The molecule has 2 heterocycles. The minimum atomic E-state index is -4.81. The molecule has 0 saturated carbocycles. The second-order valence-electron chi connectivity index (χ2n) is 9.28. The number of pyridine rings is 1. The van der Waals surface area contributed by atoms with E-state index >= 15 is 0 Å². The van der Waals surface area contributed by atoms with Crippen LogP contribution in [0, 0.1) is 25.2 Å². The molecular weight excluding hydrogens is 487 g/mol. The van der Waals surface area contributed by atoms with Gasteiger partial charge in [0, 0.05) is 6.54 Å². The molecule has 3 aromatic rings. The standard InChI is InChI=1S/C28H28F3N3O.ClH/c1-19-6-9-23(20(2)14-19)18-34-26(15-25(28(29,30)31)24(16-32)27(34)35)22-10-7-21(8-11-22)17-33-12-4-3-5-13-33;/h6-11,14-15H,3-5,12-13,17-18H2,1-2H3;1H. The molecule has 4 rings (SSSR count). The number of nitriles is 1. The first-order valence-electron chi connectivity index (χ1n) is 11.8. The Kier molecular flexibility index (Phi) is 8.65. The molecule has 36 heavy (non-hydrogen) atoms. The van der Waals surface area contributed by atoms with Crippen LogP contribution in [-0.4, -0.2) is 22.6 Å². The highest BCUT2D eigenvalue weighted by Gasteiger charge is 2.36. The van der Waals surface area contributed by atoms with Crippen LogP contribution in [0.25, 0.3) is 11.3 Å². The number of nitrogens with zero attached hydrogens (tertiary/aromatic N) is 3. The molecule has 4 nitrogen and oxygen atoms in total. The summed E-state index contributed by atoms with van der Waals surface area (Å²) in [5, 5.41) is 9.43. The second-order valence-corrected chi connectivity index (χ2v) is 9.28. The Morgan fingerprint density at radius 1 is 0.944 bits per heavy atom. The Balaban J connectivity index is 0.00000361. The van der Waals surface area contributed by atoms with Gasteiger partial charge in [-0.1, -0.05) is 54.4 Å². The second kappa shape index (κ2) is 11.3. The van der Waals surface area contributed by atoms with Crippen molar-refractivity contribution in [1.82, 2.24) is 9.47 Å². The zero-order chi connectivity index (χ0) is 25.2. The summed E-state index contributed by atoms with van der Waals surface area (Å²) in [5.74, 6) is 0. The maximum absolute atomic E-state index is 13.8. The summed E-state index contributed by atoms with van der Waals surface area (Å²) in [6, 6.07) is 15.5. The molecule has 0 unspecified atom stereocenters. The lowest BCUT2D eigenvalue weighted by molar-refractivity contribution is -0.137. The van der Waals surface area contributed by atoms with Crippen LogP contribution in [0.2, 0.25) is 0 Å². The van der Waals surface area contributed by atoms with E-state index in [0.29, 0.717) is 5.56 Å². The van der Waals surface area contributed by atoms with E-state index in [2.05, 4.69) is 4.90 Å². The summed E-state index contributed by atoms with van der Waals surface area (Å²) >= 11 is 0. The van der Waals surface area contributed by atoms with E-state index in [1.807, 2.05) is 44.2 Å². The van der Waals surface area contributed by atoms with E-state index in [4.69, 9.17) is 0 Å². The van der Waals surface area contributed by atoms with Crippen LogP contribution in [0.15, 0.2) is 53.3 Å². The SMILES string of the molecule is Cc1ccc(Cn2c(-c3ccc(CN4CCCCC4)cc3)cc(C(F)(F)F)c(C#N)c2=O)c(C)c1.Cl. The lowest BCUT2D eigenvalue weighted by Crippen LogP contribution is -2.29. The largest absolute Gasteiger partial charge is 0.417 e. The van der Waals surface area contributed by atoms with Crippen LogP contribution in [-0.2, 0) is 19.3 Å². The molecule has 0 spiro atoms. The number of likely N-dealkylation sites (tertiary alicyclic amines) is 1. The van der Waals surface area contributed by atoms with Gasteiger partial charge in [0.25, 0.3) is 5.56 Å². The number of benzene rings is 2. The number of aromatic nitrogens is 1. The van der Waals surface area contributed by atoms with Gasteiger partial charge in [0.15, 0.2) is 0 Å². The quantitative estimate of drug-likeness (QED) is 0.391. The first kappa shape index (κ1) is 27.5. The van der Waals surface area contributed by atoms with Crippen molar-refractivity contribution < 1.29 is 13.2 Å². The highest BCUT2D eigenvalue weighted by molar-refractivity contribution is 5.85. The molecule has 190 valence electrons. The molecule has 8 heteroatoms. The van der Waals surface area contributed by atoms with Crippen LogP contribution in [0.4, 0.5) is 13.2 Å². The molecule has 1 fully saturated rings. The van der Waals surface area contributed by atoms with Crippen molar-refractivity contribution in [3.63, 3.8) is 0 Å². The molecule has 0 atom stereocenters. The first-order valence-corrected chi connectivity index (χ1v) is 11.8. The fourth-order valence-corrected chi connectivity index (χ4v) is 4.72. The molecule has 2 aromatic carbocycles. The molecule has 1 aliphatic heterocycles. The molecule has 1 saturated heterocycles. The van der Waals surface area contributed by atoms with Crippen LogP contribution in [0.1, 0.15) is 52.6 Å². The fourth-order valence-electron chi connectivity index (χ4n) is 4.72. The van der Waals surface area contributed by atoms with Crippen molar-refractivity contribution in [3.05, 3.63) is 92.3 Å². The van der Waals surface area contributed by atoms with E-state index < -0.39 is 22.9 Å². The van der Waals surface area contributed by atoms with E-state index in [1.165, 1.54) is 29.9 Å². The van der Waals surface area contributed by atoms with E-state index in [0.717, 1.165) is 48.0 Å². The van der Waals surface area contributed by atoms with E-state index in [-0.39, 0.29) is 24.6 Å². The van der Waals surface area contributed by atoms with Crippen LogP contribution < -0.4 is 5.56 Å². The molecule has 0 amide bonds. The van der Waals surface area contributed by atoms with Gasteiger partial charge in [0.1, 0.15) is 11.6 Å². The molecular formula is C28H29ClF3N3O. The molecule has 1 aromatic heterocycles. The lowest BCUT2D eigenvalue weighted by atomic mass is 10.0. The van der Waals surface area contributed by atoms with Crippen molar-refractivity contribution in [2.45, 2.75) is 52.4 Å². The number of halogens is 4. The number of hydrogen-bond donors (Lipinski definition) is 0. The normalized spacial score (nSPS) is 14.2. The van der Waals surface area contributed by atoms with Crippen molar-refractivity contribution in [3.8, 4) is 17.3 Å². The Bertz CT molecular complexity index is 1320. The van der Waals surface area contributed by atoms with Gasteiger partial charge in [-0.2, -0.15) is 18.4 Å². The van der Waals surface area contributed by atoms with Gasteiger partial charge in [-0.25, -0.2) is 0 Å². The Labute approximate surface area is 215 Å². The summed E-state index contributed by atoms with van der Waals surface area (Å²) in [7, 11) is 0. The van der Waals surface area contributed by atoms with Gasteiger partial charge in [-0.05, 0) is 68.1 Å². The number of aryl methyl sites for hydroxylation is 2. The Hall–Kier alpha value is -3.08. The molecule has 0 N–H and O–H groups in total. The average Bonchev–Trinajstić information content (AvgIpc) is 2.82. The minimum Gasteiger partial charge on any atom is -0.303 e. The van der Waals surface area contributed by atoms with Crippen molar-refractivity contribution >= 4 is 12.4 Å². The third-order valence-corrected chi connectivity index (χ3v) is 6.65. The van der Waals surface area contributed by atoms with Crippen LogP contribution >= 0.6 is 12.4 Å². The first-order chi connectivity index (χ1) is 16.7. The topological polar surface area (TPSA) is 49.0 Å². The van der Waals surface area contributed by atoms with Gasteiger partial charge in [0.05, 0.1) is 17.8 Å².